The Kier molecular flexibility index (Phi) is 11.2. The minimum atomic E-state index is -0.228. The Morgan fingerprint density at radius 3 is 2.20 bits per heavy atom. The fourth-order valence-electron chi connectivity index (χ4n) is 4.62. The standard InChI is InChI=1S/C29H42FN3O2/c1-8-13-17-33(29(34)32-26-15-14-21(35-7)19-31-26)18-16-25-23(11-4)27(20(6)9-2)22(10-3)24(12-5)28(25)30/h14-15,19H,6,8-13,16-18H2,1-5,7H3,(H,31,32,34). The summed E-state index contributed by atoms with van der Waals surface area (Å²) >= 11 is 0. The van der Waals surface area contributed by atoms with Crippen LogP contribution in [0.2, 0.25) is 0 Å². The summed E-state index contributed by atoms with van der Waals surface area (Å²) in [5.74, 6) is 0.974. The van der Waals surface area contributed by atoms with Gasteiger partial charge in [0.05, 0.1) is 13.3 Å². The van der Waals surface area contributed by atoms with Crippen LogP contribution in [0.5, 0.6) is 5.75 Å². The second-order valence-corrected chi connectivity index (χ2v) is 8.72. The van der Waals surface area contributed by atoms with Gasteiger partial charge in [0.2, 0.25) is 0 Å². The lowest BCUT2D eigenvalue weighted by molar-refractivity contribution is 0.211. The zero-order valence-corrected chi connectivity index (χ0v) is 22.4. The largest absolute Gasteiger partial charge is 0.495 e. The first-order valence-electron chi connectivity index (χ1n) is 12.9. The zero-order valence-electron chi connectivity index (χ0n) is 22.4. The Labute approximate surface area is 210 Å². The summed E-state index contributed by atoms with van der Waals surface area (Å²) < 4.78 is 21.0. The van der Waals surface area contributed by atoms with Crippen molar-refractivity contribution in [1.29, 1.82) is 0 Å². The molecule has 0 radical (unpaired) electrons. The minimum absolute atomic E-state index is 0.110. The van der Waals surface area contributed by atoms with Gasteiger partial charge in [-0.3, -0.25) is 5.32 Å². The molecule has 0 aliphatic heterocycles. The number of rotatable bonds is 13. The smallest absolute Gasteiger partial charge is 0.323 e. The summed E-state index contributed by atoms with van der Waals surface area (Å²) in [5, 5.41) is 2.87. The summed E-state index contributed by atoms with van der Waals surface area (Å²) in [6, 6.07) is 3.24. The maximum atomic E-state index is 15.9. The van der Waals surface area contributed by atoms with E-state index in [2.05, 4.69) is 44.6 Å². The molecule has 1 aromatic carbocycles. The van der Waals surface area contributed by atoms with Gasteiger partial charge < -0.3 is 9.64 Å². The van der Waals surface area contributed by atoms with E-state index in [1.54, 1.807) is 30.3 Å². The van der Waals surface area contributed by atoms with Crippen molar-refractivity contribution in [3.63, 3.8) is 0 Å². The van der Waals surface area contributed by atoms with Gasteiger partial charge in [0.25, 0.3) is 0 Å². The van der Waals surface area contributed by atoms with Gasteiger partial charge in [-0.1, -0.05) is 47.6 Å². The number of ether oxygens (including phenoxy) is 1. The van der Waals surface area contributed by atoms with Gasteiger partial charge in [0.15, 0.2) is 0 Å². The Morgan fingerprint density at radius 1 is 1.03 bits per heavy atom. The summed E-state index contributed by atoms with van der Waals surface area (Å²) in [4.78, 5) is 19.1. The van der Waals surface area contributed by atoms with E-state index in [0.29, 0.717) is 37.5 Å². The number of benzene rings is 1. The maximum Gasteiger partial charge on any atom is 0.323 e. The van der Waals surface area contributed by atoms with Crippen LogP contribution >= 0.6 is 0 Å². The molecule has 0 aliphatic carbocycles. The number of allylic oxidation sites excluding steroid dienone is 1. The van der Waals surface area contributed by atoms with Crippen molar-refractivity contribution in [1.82, 2.24) is 9.88 Å². The Morgan fingerprint density at radius 2 is 1.69 bits per heavy atom. The third-order valence-corrected chi connectivity index (χ3v) is 6.61. The van der Waals surface area contributed by atoms with Gasteiger partial charge in [-0.25, -0.2) is 14.2 Å². The monoisotopic (exact) mass is 483 g/mol. The number of pyridine rings is 1. The Hall–Kier alpha value is -2.89. The van der Waals surface area contributed by atoms with Crippen molar-refractivity contribution >= 4 is 17.4 Å². The number of aromatic nitrogens is 1. The molecule has 1 aromatic heterocycles. The minimum Gasteiger partial charge on any atom is -0.495 e. The molecule has 0 spiro atoms. The van der Waals surface area contributed by atoms with Crippen molar-refractivity contribution < 1.29 is 13.9 Å². The number of carbonyl (C=O) groups excluding carboxylic acids is 1. The lowest BCUT2D eigenvalue weighted by Gasteiger charge is -2.26. The summed E-state index contributed by atoms with van der Waals surface area (Å²) in [6.07, 6.45) is 6.84. The van der Waals surface area contributed by atoms with Crippen molar-refractivity contribution in [3.05, 3.63) is 58.5 Å². The van der Waals surface area contributed by atoms with Gasteiger partial charge in [0, 0.05) is 13.1 Å². The molecule has 0 bridgehead atoms. The van der Waals surface area contributed by atoms with E-state index in [1.165, 1.54) is 0 Å². The first-order chi connectivity index (χ1) is 16.9. The number of carbonyl (C=O) groups is 1. The first-order valence-corrected chi connectivity index (χ1v) is 12.9. The number of amides is 2. The van der Waals surface area contributed by atoms with Gasteiger partial charge in [-0.15, -0.1) is 0 Å². The number of anilines is 1. The zero-order chi connectivity index (χ0) is 26.0. The van der Waals surface area contributed by atoms with E-state index in [0.717, 1.165) is 65.5 Å². The Balaban J connectivity index is 2.38. The number of hydrogen-bond acceptors (Lipinski definition) is 3. The van der Waals surface area contributed by atoms with Crippen LogP contribution in [-0.4, -0.2) is 36.1 Å². The predicted octanol–water partition coefficient (Wildman–Crippen LogP) is 7.22. The number of nitrogens with one attached hydrogen (secondary N) is 1. The first kappa shape index (κ1) is 28.3. The van der Waals surface area contributed by atoms with Gasteiger partial charge in [0.1, 0.15) is 17.4 Å². The molecule has 1 heterocycles. The Bertz CT molecular complexity index is 1000. The van der Waals surface area contributed by atoms with E-state index in [1.807, 2.05) is 6.92 Å². The normalized spacial score (nSPS) is 10.8. The molecule has 2 amide bonds. The molecule has 2 rings (SSSR count). The topological polar surface area (TPSA) is 54.5 Å². The molecule has 0 saturated carbocycles. The van der Waals surface area contributed by atoms with Crippen LogP contribution in [0, 0.1) is 5.82 Å². The number of methoxy groups -OCH3 is 1. The molecular weight excluding hydrogens is 441 g/mol. The fraction of sp³-hybridized carbons (Fsp3) is 0.517. The van der Waals surface area contributed by atoms with Gasteiger partial charge >= 0.3 is 6.03 Å². The molecule has 35 heavy (non-hydrogen) atoms. The van der Waals surface area contributed by atoms with Crippen LogP contribution in [0.1, 0.15) is 81.7 Å². The second-order valence-electron chi connectivity index (χ2n) is 8.72. The number of halogens is 1. The highest BCUT2D eigenvalue weighted by Crippen LogP contribution is 2.34. The number of urea groups is 1. The molecule has 192 valence electrons. The molecule has 0 saturated heterocycles. The second kappa shape index (κ2) is 13.9. The van der Waals surface area contributed by atoms with Crippen molar-refractivity contribution in [3.8, 4) is 5.75 Å². The van der Waals surface area contributed by atoms with E-state index >= 15 is 4.39 Å². The quantitative estimate of drug-likeness (QED) is 0.327. The highest BCUT2D eigenvalue weighted by Gasteiger charge is 2.24. The molecular formula is C29H42FN3O2. The lowest BCUT2D eigenvalue weighted by Crippen LogP contribution is -2.37. The van der Waals surface area contributed by atoms with E-state index < -0.39 is 0 Å². The molecule has 0 atom stereocenters. The summed E-state index contributed by atoms with van der Waals surface area (Å²) in [7, 11) is 1.57. The van der Waals surface area contributed by atoms with E-state index in [4.69, 9.17) is 4.74 Å². The van der Waals surface area contributed by atoms with Crippen molar-refractivity contribution in [2.24, 2.45) is 0 Å². The van der Waals surface area contributed by atoms with Crippen molar-refractivity contribution in [2.45, 2.75) is 79.6 Å². The van der Waals surface area contributed by atoms with Crippen LogP contribution in [-0.2, 0) is 25.7 Å². The van der Waals surface area contributed by atoms with Crippen LogP contribution in [0.3, 0.4) is 0 Å². The average molecular weight is 484 g/mol. The fourth-order valence-corrected chi connectivity index (χ4v) is 4.62. The molecule has 6 heteroatoms. The lowest BCUT2D eigenvalue weighted by atomic mass is 9.82. The van der Waals surface area contributed by atoms with E-state index in [-0.39, 0.29) is 11.8 Å². The molecule has 0 aliphatic rings. The molecule has 0 fully saturated rings. The van der Waals surface area contributed by atoms with Crippen LogP contribution in [0.25, 0.3) is 5.57 Å². The molecule has 2 aromatic rings. The third-order valence-electron chi connectivity index (χ3n) is 6.61. The highest BCUT2D eigenvalue weighted by atomic mass is 19.1. The molecule has 5 nitrogen and oxygen atoms in total. The number of unbranched alkanes of at least 4 members (excludes halogenated alkanes) is 1. The predicted molar refractivity (Wildman–Crippen MR) is 144 cm³/mol. The third kappa shape index (κ3) is 6.83. The van der Waals surface area contributed by atoms with Crippen LogP contribution in [0.4, 0.5) is 15.0 Å². The summed E-state index contributed by atoms with van der Waals surface area (Å²) in [6.45, 7) is 15.7. The highest BCUT2D eigenvalue weighted by molar-refractivity contribution is 5.88. The number of hydrogen-bond donors (Lipinski definition) is 1. The molecule has 0 unspecified atom stereocenters. The van der Waals surface area contributed by atoms with Crippen LogP contribution < -0.4 is 10.1 Å². The van der Waals surface area contributed by atoms with Gasteiger partial charge in [-0.05, 0) is 84.0 Å². The summed E-state index contributed by atoms with van der Waals surface area (Å²) in [5.41, 5.74) is 5.83. The molecule has 1 N–H and O–H groups in total. The van der Waals surface area contributed by atoms with Crippen molar-refractivity contribution in [2.75, 3.05) is 25.5 Å². The van der Waals surface area contributed by atoms with E-state index in [9.17, 15) is 4.79 Å². The SMILES string of the molecule is C=C(CC)c1c(CC)c(CC)c(F)c(CCN(CCCC)C(=O)Nc2ccc(OC)cn2)c1CC. The van der Waals surface area contributed by atoms with Crippen LogP contribution in [0.15, 0.2) is 24.9 Å². The maximum absolute atomic E-state index is 15.9. The number of nitrogens with zero attached hydrogens (tertiary/aromatic N) is 2. The average Bonchev–Trinajstić information content (AvgIpc) is 2.88. The van der Waals surface area contributed by atoms with Gasteiger partial charge in [-0.2, -0.15) is 0 Å².